The zero-order valence-corrected chi connectivity index (χ0v) is 12.4. The van der Waals surface area contributed by atoms with Gasteiger partial charge in [-0.2, -0.15) is 0 Å². The smallest absolute Gasteiger partial charge is 0.223 e. The lowest BCUT2D eigenvalue weighted by molar-refractivity contribution is -0.116. The first kappa shape index (κ1) is 13.6. The number of aromatic nitrogens is 3. The molecule has 0 unspecified atom stereocenters. The molecule has 1 heterocycles. The number of amides is 1. The van der Waals surface area contributed by atoms with Crippen molar-refractivity contribution in [1.82, 2.24) is 15.0 Å². The summed E-state index contributed by atoms with van der Waals surface area (Å²) in [4.78, 5) is 13.0. The van der Waals surface area contributed by atoms with E-state index in [0.717, 1.165) is 16.7 Å². The second-order valence-corrected chi connectivity index (χ2v) is 5.11. The van der Waals surface area contributed by atoms with E-state index in [0.29, 0.717) is 10.7 Å². The second-order valence-electron chi connectivity index (χ2n) is 4.70. The maximum atomic E-state index is 11.5. The summed E-state index contributed by atoms with van der Waals surface area (Å²) in [5.74, 6) is -0.0856. The van der Waals surface area contributed by atoms with Gasteiger partial charge < -0.3 is 4.90 Å². The minimum absolute atomic E-state index is 0.0856. The molecule has 0 aliphatic rings. The summed E-state index contributed by atoms with van der Waals surface area (Å²) in [5.41, 5.74) is 3.16. The second kappa shape index (κ2) is 5.18. The molecule has 3 aromatic rings. The highest BCUT2D eigenvalue weighted by atomic mass is 35.5. The van der Waals surface area contributed by atoms with Crippen molar-refractivity contribution in [2.24, 2.45) is 0 Å². The molecule has 0 atom stereocenters. The Morgan fingerprint density at radius 1 is 1.24 bits per heavy atom. The van der Waals surface area contributed by atoms with Gasteiger partial charge in [0, 0.05) is 14.0 Å². The van der Waals surface area contributed by atoms with Gasteiger partial charge in [-0.05, 0) is 30.3 Å². The molecule has 0 bridgehead atoms. The van der Waals surface area contributed by atoms with Crippen LogP contribution in [-0.4, -0.2) is 27.9 Å². The molecule has 0 fully saturated rings. The van der Waals surface area contributed by atoms with E-state index in [9.17, 15) is 4.79 Å². The first-order valence-electron chi connectivity index (χ1n) is 6.42. The molecular formula is C15H13ClN4O. The largest absolute Gasteiger partial charge is 0.314 e. The van der Waals surface area contributed by atoms with E-state index in [2.05, 4.69) is 10.3 Å². The van der Waals surface area contributed by atoms with Crippen LogP contribution < -0.4 is 4.90 Å². The molecule has 2 aromatic carbocycles. The van der Waals surface area contributed by atoms with E-state index in [-0.39, 0.29) is 5.91 Å². The third-order valence-electron chi connectivity index (χ3n) is 3.36. The van der Waals surface area contributed by atoms with E-state index >= 15 is 0 Å². The summed E-state index contributed by atoms with van der Waals surface area (Å²) in [5, 5.41) is 8.80. The molecule has 6 heteroatoms. The Balaban J connectivity index is 2.15. The minimum Gasteiger partial charge on any atom is -0.314 e. The van der Waals surface area contributed by atoms with Crippen LogP contribution in [0.15, 0.2) is 42.5 Å². The number of carbonyl (C=O) groups is 1. The van der Waals surface area contributed by atoms with Crippen LogP contribution in [-0.2, 0) is 4.79 Å². The van der Waals surface area contributed by atoms with Crippen molar-refractivity contribution in [3.8, 4) is 5.69 Å². The van der Waals surface area contributed by atoms with Crippen molar-refractivity contribution in [3.05, 3.63) is 47.5 Å². The van der Waals surface area contributed by atoms with Crippen LogP contribution in [0.1, 0.15) is 6.92 Å². The summed E-state index contributed by atoms with van der Waals surface area (Å²) in [6.45, 7) is 1.49. The predicted octanol–water partition coefficient (Wildman–Crippen LogP) is 3.06. The molecule has 0 aliphatic carbocycles. The Kier molecular flexibility index (Phi) is 3.35. The third kappa shape index (κ3) is 2.36. The molecule has 0 aliphatic heterocycles. The lowest BCUT2D eigenvalue weighted by Gasteiger charge is -2.17. The number of hydrogen-bond acceptors (Lipinski definition) is 3. The van der Waals surface area contributed by atoms with Gasteiger partial charge in [0.1, 0.15) is 5.52 Å². The third-order valence-corrected chi connectivity index (χ3v) is 3.68. The van der Waals surface area contributed by atoms with E-state index in [4.69, 9.17) is 11.6 Å². The Labute approximate surface area is 126 Å². The van der Waals surface area contributed by atoms with E-state index in [1.807, 2.05) is 36.4 Å². The van der Waals surface area contributed by atoms with Crippen molar-refractivity contribution in [2.45, 2.75) is 6.92 Å². The normalized spacial score (nSPS) is 10.8. The molecule has 0 saturated carbocycles. The molecule has 21 heavy (non-hydrogen) atoms. The van der Waals surface area contributed by atoms with Crippen molar-refractivity contribution < 1.29 is 4.79 Å². The zero-order chi connectivity index (χ0) is 15.0. The molecule has 3 rings (SSSR count). The highest BCUT2D eigenvalue weighted by Crippen LogP contribution is 2.28. The van der Waals surface area contributed by atoms with Gasteiger partial charge in [-0.15, -0.1) is 5.10 Å². The number of halogens is 1. The number of anilines is 1. The van der Waals surface area contributed by atoms with Crippen molar-refractivity contribution in [1.29, 1.82) is 0 Å². The predicted molar refractivity (Wildman–Crippen MR) is 83.0 cm³/mol. The Morgan fingerprint density at radius 3 is 2.76 bits per heavy atom. The maximum Gasteiger partial charge on any atom is 0.223 e. The van der Waals surface area contributed by atoms with Gasteiger partial charge in [-0.1, -0.05) is 28.9 Å². The summed E-state index contributed by atoms with van der Waals surface area (Å²) in [7, 11) is 1.69. The number of rotatable bonds is 2. The number of nitrogens with zero attached hydrogens (tertiary/aromatic N) is 4. The Bertz CT molecular complexity index is 827. The summed E-state index contributed by atoms with van der Waals surface area (Å²) in [6.07, 6.45) is 0. The van der Waals surface area contributed by atoms with Gasteiger partial charge in [-0.25, -0.2) is 4.68 Å². The fourth-order valence-electron chi connectivity index (χ4n) is 2.12. The molecule has 0 spiro atoms. The minimum atomic E-state index is -0.0856. The van der Waals surface area contributed by atoms with Crippen LogP contribution in [0.4, 0.5) is 5.69 Å². The van der Waals surface area contributed by atoms with Gasteiger partial charge >= 0.3 is 0 Å². The number of hydrogen-bond donors (Lipinski definition) is 0. The van der Waals surface area contributed by atoms with Crippen molar-refractivity contribution >= 4 is 34.2 Å². The Hall–Kier alpha value is -2.40. The summed E-state index contributed by atoms with van der Waals surface area (Å²) >= 11 is 6.18. The molecule has 1 amide bonds. The highest BCUT2D eigenvalue weighted by Gasteiger charge is 2.13. The number of benzene rings is 2. The zero-order valence-electron chi connectivity index (χ0n) is 11.6. The van der Waals surface area contributed by atoms with Crippen LogP contribution in [0.3, 0.4) is 0 Å². The van der Waals surface area contributed by atoms with E-state index < -0.39 is 0 Å². The first-order valence-corrected chi connectivity index (χ1v) is 6.80. The van der Waals surface area contributed by atoms with Gasteiger partial charge in [0.15, 0.2) is 0 Å². The van der Waals surface area contributed by atoms with Crippen LogP contribution in [0.25, 0.3) is 16.7 Å². The van der Waals surface area contributed by atoms with Crippen LogP contribution >= 0.6 is 11.6 Å². The number of para-hydroxylation sites is 1. The average molecular weight is 301 g/mol. The molecule has 106 valence electrons. The molecule has 0 radical (unpaired) electrons. The fourth-order valence-corrected chi connectivity index (χ4v) is 2.36. The molecular weight excluding hydrogens is 288 g/mol. The quantitative estimate of drug-likeness (QED) is 0.731. The van der Waals surface area contributed by atoms with Gasteiger partial charge in [0.25, 0.3) is 0 Å². The molecule has 5 nitrogen and oxygen atoms in total. The SMILES string of the molecule is CC(=O)N(C)c1cc(-n2nnc3ccccc32)ccc1Cl. The number of fused-ring (bicyclic) bond motifs is 1. The van der Waals surface area contributed by atoms with Crippen LogP contribution in [0.2, 0.25) is 5.02 Å². The maximum absolute atomic E-state index is 11.5. The number of carbonyl (C=O) groups excluding carboxylic acids is 1. The van der Waals surface area contributed by atoms with Crippen LogP contribution in [0, 0.1) is 0 Å². The monoisotopic (exact) mass is 300 g/mol. The molecule has 1 aromatic heterocycles. The van der Waals surface area contributed by atoms with Crippen molar-refractivity contribution in [2.75, 3.05) is 11.9 Å². The van der Waals surface area contributed by atoms with Crippen LogP contribution in [0.5, 0.6) is 0 Å². The van der Waals surface area contributed by atoms with E-state index in [1.54, 1.807) is 17.8 Å². The first-order chi connectivity index (χ1) is 10.1. The topological polar surface area (TPSA) is 51.0 Å². The molecule has 0 N–H and O–H groups in total. The van der Waals surface area contributed by atoms with Gasteiger partial charge in [-0.3, -0.25) is 4.79 Å². The van der Waals surface area contributed by atoms with Gasteiger partial charge in [0.2, 0.25) is 5.91 Å². The van der Waals surface area contributed by atoms with E-state index in [1.165, 1.54) is 11.8 Å². The standard InChI is InChI=1S/C15H13ClN4O/c1-10(21)19(2)15-9-11(7-8-12(15)16)20-14-6-4-3-5-13(14)17-18-20/h3-9H,1-2H3. The highest BCUT2D eigenvalue weighted by molar-refractivity contribution is 6.33. The summed E-state index contributed by atoms with van der Waals surface area (Å²) < 4.78 is 1.73. The Morgan fingerprint density at radius 2 is 2.00 bits per heavy atom. The average Bonchev–Trinajstić information content (AvgIpc) is 2.91. The fraction of sp³-hybridized carbons (Fsp3) is 0.133. The summed E-state index contributed by atoms with van der Waals surface area (Å²) in [6, 6.07) is 13.1. The molecule has 0 saturated heterocycles. The van der Waals surface area contributed by atoms with Gasteiger partial charge in [0.05, 0.1) is 21.9 Å². The lowest BCUT2D eigenvalue weighted by atomic mass is 10.2. The lowest BCUT2D eigenvalue weighted by Crippen LogP contribution is -2.23. The van der Waals surface area contributed by atoms with Crippen molar-refractivity contribution in [3.63, 3.8) is 0 Å².